The Balaban J connectivity index is 1.02. The molecule has 0 aliphatic carbocycles. The molecule has 0 bridgehead atoms. The van der Waals surface area contributed by atoms with Gasteiger partial charge in [-0.2, -0.15) is 0 Å². The van der Waals surface area contributed by atoms with E-state index in [4.69, 9.17) is 4.74 Å². The first kappa shape index (κ1) is 36.9. The number of imidazole rings is 2. The van der Waals surface area contributed by atoms with Gasteiger partial charge in [0.05, 0.1) is 49.5 Å². The SMILES string of the molecule is COC(=O)N[C@H](C(=O)N1CCC[C@H]1c1ncc(-c2ccc3c(c2)CN(c2ccc(-c4cnc(C5CCCN5C(=O)[C@H](C)C(C)C)[nH]4)cc2)C3=O)[nH]1)C(C)C. The molecule has 4 aromatic rings. The number of aromatic nitrogens is 4. The zero-order valence-corrected chi connectivity index (χ0v) is 31.9. The van der Waals surface area contributed by atoms with Gasteiger partial charge in [-0.25, -0.2) is 14.8 Å². The first-order chi connectivity index (χ1) is 25.9. The molecule has 13 nitrogen and oxygen atoms in total. The van der Waals surface area contributed by atoms with E-state index in [0.717, 1.165) is 71.8 Å². The van der Waals surface area contributed by atoms with Gasteiger partial charge in [-0.1, -0.05) is 52.8 Å². The van der Waals surface area contributed by atoms with Gasteiger partial charge in [-0.15, -0.1) is 0 Å². The molecule has 0 radical (unpaired) electrons. The van der Waals surface area contributed by atoms with E-state index in [0.29, 0.717) is 24.5 Å². The highest BCUT2D eigenvalue weighted by molar-refractivity contribution is 6.10. The molecule has 0 spiro atoms. The van der Waals surface area contributed by atoms with Crippen molar-refractivity contribution < 1.29 is 23.9 Å². The number of carbonyl (C=O) groups is 4. The van der Waals surface area contributed by atoms with Crippen LogP contribution in [-0.2, 0) is 20.9 Å². The number of hydrogen-bond donors (Lipinski definition) is 3. The minimum absolute atomic E-state index is 0.0357. The van der Waals surface area contributed by atoms with Crippen LogP contribution in [0.15, 0.2) is 54.9 Å². The third kappa shape index (κ3) is 6.99. The van der Waals surface area contributed by atoms with Crippen molar-refractivity contribution in [3.63, 3.8) is 0 Å². The monoisotopic (exact) mass is 734 g/mol. The second kappa shape index (κ2) is 15.1. The largest absolute Gasteiger partial charge is 0.453 e. The number of alkyl carbamates (subject to hydrolysis) is 1. The number of ether oxygens (including phenoxy) is 1. The second-order valence-electron chi connectivity index (χ2n) is 15.4. The van der Waals surface area contributed by atoms with Crippen LogP contribution in [0.2, 0.25) is 0 Å². The lowest BCUT2D eigenvalue weighted by Gasteiger charge is -2.30. The molecule has 1 unspecified atom stereocenters. The van der Waals surface area contributed by atoms with Crippen molar-refractivity contribution >= 4 is 29.5 Å². The van der Waals surface area contributed by atoms with Gasteiger partial charge < -0.3 is 34.7 Å². The predicted octanol–water partition coefficient (Wildman–Crippen LogP) is 6.63. The first-order valence-corrected chi connectivity index (χ1v) is 19.1. The molecule has 2 saturated heterocycles. The Bertz CT molecular complexity index is 2030. The standard InChI is InChI=1S/C41H50N8O5/c1-23(2)25(5)38(50)47-17-7-9-33(47)36-42-20-31(44-36)26-11-14-29(15-12-26)49-22-28-19-27(13-16-30(28)39(49)51)32-21-43-37(45-32)34-10-8-18-48(34)40(52)35(24(3)4)46-41(53)54-6/h11-16,19-21,23-25,33-35H,7-10,17-18,22H2,1-6H3,(H,42,44)(H,43,45)(H,46,53)/t25-,33?,34+,35+/m1/s1. The highest BCUT2D eigenvalue weighted by Gasteiger charge is 2.38. The van der Waals surface area contributed by atoms with E-state index < -0.39 is 12.1 Å². The summed E-state index contributed by atoms with van der Waals surface area (Å²) in [6.07, 6.45) is 6.39. The number of nitrogens with one attached hydrogen (secondary N) is 3. The number of carbonyl (C=O) groups excluding carboxylic acids is 4. The van der Waals surface area contributed by atoms with Gasteiger partial charge in [0.15, 0.2) is 0 Å². The number of rotatable bonds is 10. The van der Waals surface area contributed by atoms with Crippen molar-refractivity contribution in [3.05, 3.63) is 77.6 Å². The lowest BCUT2D eigenvalue weighted by Crippen LogP contribution is -2.51. The van der Waals surface area contributed by atoms with Crippen LogP contribution in [0.3, 0.4) is 0 Å². The summed E-state index contributed by atoms with van der Waals surface area (Å²) in [6, 6.07) is 12.7. The number of nitrogens with zero attached hydrogens (tertiary/aromatic N) is 5. The minimum atomic E-state index is -0.705. The Morgan fingerprint density at radius 3 is 1.94 bits per heavy atom. The Morgan fingerprint density at radius 2 is 1.37 bits per heavy atom. The van der Waals surface area contributed by atoms with E-state index in [-0.39, 0.29) is 47.6 Å². The van der Waals surface area contributed by atoms with Crippen LogP contribution in [0.5, 0.6) is 0 Å². The molecule has 3 aliphatic heterocycles. The molecular formula is C41H50N8O5. The molecule has 2 fully saturated rings. The molecule has 3 N–H and O–H groups in total. The van der Waals surface area contributed by atoms with Crippen LogP contribution in [0, 0.1) is 17.8 Å². The quantitative estimate of drug-likeness (QED) is 0.165. The summed E-state index contributed by atoms with van der Waals surface area (Å²) in [7, 11) is 1.28. The fourth-order valence-corrected chi connectivity index (χ4v) is 7.88. The van der Waals surface area contributed by atoms with Crippen molar-refractivity contribution in [3.8, 4) is 22.5 Å². The lowest BCUT2D eigenvalue weighted by atomic mass is 9.96. The minimum Gasteiger partial charge on any atom is -0.453 e. The Morgan fingerprint density at radius 1 is 0.796 bits per heavy atom. The van der Waals surface area contributed by atoms with Crippen LogP contribution in [-0.4, -0.2) is 79.8 Å². The van der Waals surface area contributed by atoms with Gasteiger partial charge in [0.1, 0.15) is 17.7 Å². The Hall–Kier alpha value is -5.46. The van der Waals surface area contributed by atoms with E-state index in [1.807, 2.05) is 74.3 Å². The predicted molar refractivity (Wildman–Crippen MR) is 204 cm³/mol. The molecule has 54 heavy (non-hydrogen) atoms. The molecule has 4 amide bonds. The summed E-state index contributed by atoms with van der Waals surface area (Å²) in [5.41, 5.74) is 5.90. The summed E-state index contributed by atoms with van der Waals surface area (Å²) in [4.78, 5) is 74.1. The van der Waals surface area contributed by atoms with Gasteiger partial charge in [-0.3, -0.25) is 14.4 Å². The Kier molecular flexibility index (Phi) is 10.3. The normalized spacial score (nSPS) is 19.5. The van der Waals surface area contributed by atoms with Crippen LogP contribution in [0.1, 0.15) is 100.0 Å². The number of anilines is 1. The van der Waals surface area contributed by atoms with E-state index in [1.54, 1.807) is 16.0 Å². The molecule has 4 atom stereocenters. The summed E-state index contributed by atoms with van der Waals surface area (Å²) in [5.74, 6) is 1.59. The molecule has 7 rings (SSSR count). The molecule has 0 saturated carbocycles. The number of amides is 4. The maximum atomic E-state index is 13.6. The van der Waals surface area contributed by atoms with Gasteiger partial charge in [0.2, 0.25) is 11.8 Å². The third-order valence-electron chi connectivity index (χ3n) is 11.4. The maximum absolute atomic E-state index is 13.6. The average Bonchev–Trinajstić information content (AvgIpc) is 4.02. The maximum Gasteiger partial charge on any atom is 0.407 e. The molecule has 2 aromatic carbocycles. The zero-order chi connectivity index (χ0) is 38.3. The van der Waals surface area contributed by atoms with Crippen molar-refractivity contribution in [2.45, 2.75) is 85.0 Å². The molecule has 284 valence electrons. The summed E-state index contributed by atoms with van der Waals surface area (Å²) in [5, 5.41) is 2.69. The number of fused-ring (bicyclic) bond motifs is 1. The number of hydrogen-bond acceptors (Lipinski definition) is 7. The number of methoxy groups -OCH3 is 1. The highest BCUT2D eigenvalue weighted by Crippen LogP contribution is 2.37. The summed E-state index contributed by atoms with van der Waals surface area (Å²) in [6.45, 7) is 11.7. The van der Waals surface area contributed by atoms with Crippen LogP contribution in [0.25, 0.3) is 22.5 Å². The van der Waals surface area contributed by atoms with Crippen molar-refractivity contribution in [2.75, 3.05) is 25.1 Å². The molecule has 3 aliphatic rings. The number of aromatic amines is 2. The highest BCUT2D eigenvalue weighted by atomic mass is 16.5. The van der Waals surface area contributed by atoms with Gasteiger partial charge in [-0.05, 0) is 78.5 Å². The summed E-state index contributed by atoms with van der Waals surface area (Å²) >= 11 is 0. The Labute approximate surface area is 315 Å². The summed E-state index contributed by atoms with van der Waals surface area (Å²) < 4.78 is 4.76. The average molecular weight is 735 g/mol. The molecule has 13 heteroatoms. The van der Waals surface area contributed by atoms with Gasteiger partial charge in [0.25, 0.3) is 5.91 Å². The molecular weight excluding hydrogens is 685 g/mol. The first-order valence-electron chi connectivity index (χ1n) is 19.1. The van der Waals surface area contributed by atoms with Crippen LogP contribution < -0.4 is 10.2 Å². The van der Waals surface area contributed by atoms with E-state index in [2.05, 4.69) is 39.1 Å². The van der Waals surface area contributed by atoms with Crippen LogP contribution in [0.4, 0.5) is 10.5 Å². The van der Waals surface area contributed by atoms with Crippen molar-refractivity contribution in [1.29, 1.82) is 0 Å². The number of likely N-dealkylation sites (tertiary alicyclic amines) is 2. The third-order valence-corrected chi connectivity index (χ3v) is 11.4. The second-order valence-corrected chi connectivity index (χ2v) is 15.4. The van der Waals surface area contributed by atoms with Gasteiger partial charge in [0, 0.05) is 30.3 Å². The van der Waals surface area contributed by atoms with Crippen molar-refractivity contribution in [2.24, 2.45) is 17.8 Å². The fraction of sp³-hybridized carbons (Fsp3) is 0.463. The lowest BCUT2D eigenvalue weighted by molar-refractivity contribution is -0.137. The van der Waals surface area contributed by atoms with Crippen molar-refractivity contribution in [1.82, 2.24) is 35.1 Å². The smallest absolute Gasteiger partial charge is 0.407 e. The van der Waals surface area contributed by atoms with E-state index in [9.17, 15) is 19.2 Å². The number of benzene rings is 2. The molecule has 2 aromatic heterocycles. The fourth-order valence-electron chi connectivity index (χ4n) is 7.88. The van der Waals surface area contributed by atoms with E-state index in [1.165, 1.54) is 7.11 Å². The molecule has 5 heterocycles. The van der Waals surface area contributed by atoms with Crippen LogP contribution >= 0.6 is 0 Å². The number of H-pyrrole nitrogens is 2. The topological polar surface area (TPSA) is 157 Å². The van der Waals surface area contributed by atoms with E-state index >= 15 is 0 Å². The zero-order valence-electron chi connectivity index (χ0n) is 31.9. The van der Waals surface area contributed by atoms with Gasteiger partial charge >= 0.3 is 6.09 Å².